The molecule has 0 saturated carbocycles. The number of para-hydroxylation sites is 1. The van der Waals surface area contributed by atoms with Gasteiger partial charge >= 0.3 is 0 Å². The molecule has 6 heteroatoms. The number of carbonyl (C=O) groups is 1. The Balaban J connectivity index is 1.69. The van der Waals surface area contributed by atoms with Gasteiger partial charge in [0.1, 0.15) is 18.8 Å². The molecule has 2 heterocycles. The van der Waals surface area contributed by atoms with E-state index in [1.165, 1.54) is 0 Å². The predicted molar refractivity (Wildman–Crippen MR) is 94.0 cm³/mol. The van der Waals surface area contributed by atoms with E-state index in [-0.39, 0.29) is 11.7 Å². The Morgan fingerprint density at radius 3 is 2.88 bits per heavy atom. The third-order valence-corrected chi connectivity index (χ3v) is 4.41. The Morgan fingerprint density at radius 1 is 1.17 bits per heavy atom. The van der Waals surface area contributed by atoms with Crippen molar-refractivity contribution in [3.8, 4) is 11.5 Å². The number of furan rings is 1. The zero-order chi connectivity index (χ0) is 16.7. The van der Waals surface area contributed by atoms with Crippen molar-refractivity contribution in [1.29, 1.82) is 0 Å². The molecule has 0 saturated heterocycles. The van der Waals surface area contributed by atoms with Gasteiger partial charge in [0.05, 0.1) is 5.69 Å². The highest BCUT2D eigenvalue weighted by Gasteiger charge is 2.21. The molecule has 24 heavy (non-hydrogen) atoms. The van der Waals surface area contributed by atoms with Gasteiger partial charge in [0.2, 0.25) is 0 Å². The van der Waals surface area contributed by atoms with E-state index in [4.69, 9.17) is 13.9 Å². The summed E-state index contributed by atoms with van der Waals surface area (Å²) in [5.41, 5.74) is 2.04. The van der Waals surface area contributed by atoms with Crippen LogP contribution in [0.3, 0.4) is 0 Å². The van der Waals surface area contributed by atoms with Crippen LogP contribution in [0, 0.1) is 6.92 Å². The van der Waals surface area contributed by atoms with Crippen molar-refractivity contribution in [3.05, 3.63) is 52.2 Å². The van der Waals surface area contributed by atoms with Gasteiger partial charge in [0, 0.05) is 15.4 Å². The van der Waals surface area contributed by atoms with Crippen LogP contribution in [0.5, 0.6) is 11.5 Å². The minimum Gasteiger partial charge on any atom is -0.486 e. The molecule has 3 aromatic rings. The van der Waals surface area contributed by atoms with Crippen LogP contribution in [0.2, 0.25) is 0 Å². The quantitative estimate of drug-likeness (QED) is 0.701. The maximum Gasteiger partial charge on any atom is 0.291 e. The van der Waals surface area contributed by atoms with Crippen LogP contribution in [0.15, 0.2) is 45.3 Å². The van der Waals surface area contributed by atoms with Gasteiger partial charge in [0.25, 0.3) is 5.91 Å². The second-order valence-corrected chi connectivity index (χ2v) is 6.40. The van der Waals surface area contributed by atoms with Crippen LogP contribution in [0.25, 0.3) is 11.0 Å². The van der Waals surface area contributed by atoms with E-state index in [1.807, 2.05) is 37.3 Å². The van der Waals surface area contributed by atoms with Gasteiger partial charge in [0.15, 0.2) is 17.3 Å². The van der Waals surface area contributed by atoms with Gasteiger partial charge < -0.3 is 19.2 Å². The summed E-state index contributed by atoms with van der Waals surface area (Å²) in [6, 6.07) is 11.1. The van der Waals surface area contributed by atoms with E-state index in [0.29, 0.717) is 36.0 Å². The maximum absolute atomic E-state index is 12.7. The predicted octanol–water partition coefficient (Wildman–Crippen LogP) is 4.53. The van der Waals surface area contributed by atoms with Crippen molar-refractivity contribution in [2.75, 3.05) is 18.5 Å². The lowest BCUT2D eigenvalue weighted by atomic mass is 10.1. The molecule has 5 nitrogen and oxygen atoms in total. The Kier molecular flexibility index (Phi) is 3.69. The molecule has 0 fully saturated rings. The first kappa shape index (κ1) is 15.1. The van der Waals surface area contributed by atoms with Crippen LogP contribution in [0.4, 0.5) is 5.69 Å². The second-order valence-electron chi connectivity index (χ2n) is 5.48. The fourth-order valence-electron chi connectivity index (χ4n) is 2.76. The van der Waals surface area contributed by atoms with Gasteiger partial charge in [-0.15, -0.1) is 0 Å². The van der Waals surface area contributed by atoms with Crippen molar-refractivity contribution in [2.24, 2.45) is 0 Å². The standard InChI is InChI=1S/C18H14BrNO4/c1-10-12-9-11(19)5-6-14(12)24-16(10)18(21)20-13-3-2-4-15-17(13)23-8-7-22-15/h2-6,9H,7-8H2,1H3,(H,20,21). The number of amides is 1. The molecular weight excluding hydrogens is 374 g/mol. The molecule has 4 rings (SSSR count). The normalized spacial score (nSPS) is 13.1. The maximum atomic E-state index is 12.7. The summed E-state index contributed by atoms with van der Waals surface area (Å²) in [6.45, 7) is 2.83. The highest BCUT2D eigenvalue weighted by molar-refractivity contribution is 9.10. The topological polar surface area (TPSA) is 60.7 Å². The largest absolute Gasteiger partial charge is 0.486 e. The number of halogens is 1. The summed E-state index contributed by atoms with van der Waals surface area (Å²) < 4.78 is 17.8. The number of anilines is 1. The summed E-state index contributed by atoms with van der Waals surface area (Å²) >= 11 is 3.44. The van der Waals surface area contributed by atoms with Crippen LogP contribution in [-0.4, -0.2) is 19.1 Å². The molecule has 1 amide bonds. The molecule has 122 valence electrons. The first-order valence-electron chi connectivity index (χ1n) is 7.52. The van der Waals surface area contributed by atoms with E-state index in [2.05, 4.69) is 21.2 Å². The highest BCUT2D eigenvalue weighted by atomic mass is 79.9. The Bertz CT molecular complexity index is 948. The second kappa shape index (κ2) is 5.87. The number of fused-ring (bicyclic) bond motifs is 2. The molecule has 1 N–H and O–H groups in total. The number of nitrogens with one attached hydrogen (secondary N) is 1. The average molecular weight is 388 g/mol. The van der Waals surface area contributed by atoms with Crippen LogP contribution < -0.4 is 14.8 Å². The molecule has 0 aliphatic carbocycles. The fraction of sp³-hybridized carbons (Fsp3) is 0.167. The fourth-order valence-corrected chi connectivity index (χ4v) is 3.12. The van der Waals surface area contributed by atoms with Crippen LogP contribution >= 0.6 is 15.9 Å². The number of carbonyl (C=O) groups excluding carboxylic acids is 1. The van der Waals surface area contributed by atoms with E-state index < -0.39 is 0 Å². The van der Waals surface area contributed by atoms with Gasteiger partial charge in [-0.2, -0.15) is 0 Å². The lowest BCUT2D eigenvalue weighted by molar-refractivity contribution is 0.0996. The Morgan fingerprint density at radius 2 is 2.00 bits per heavy atom. The average Bonchev–Trinajstić information content (AvgIpc) is 2.92. The molecule has 0 unspecified atom stereocenters. The van der Waals surface area contributed by atoms with Gasteiger partial charge in [-0.05, 0) is 37.3 Å². The van der Waals surface area contributed by atoms with Gasteiger partial charge in [-0.1, -0.05) is 22.0 Å². The number of hydrogen-bond acceptors (Lipinski definition) is 4. The monoisotopic (exact) mass is 387 g/mol. The minimum atomic E-state index is -0.317. The molecule has 0 atom stereocenters. The molecule has 0 radical (unpaired) electrons. The third kappa shape index (κ3) is 2.53. The first-order chi connectivity index (χ1) is 11.6. The Labute approximate surface area is 146 Å². The SMILES string of the molecule is Cc1c(C(=O)Nc2cccc3c2OCCO3)oc2ccc(Br)cc12. The number of ether oxygens (including phenoxy) is 2. The molecule has 1 aliphatic heterocycles. The van der Waals surface area contributed by atoms with Crippen LogP contribution in [0.1, 0.15) is 16.1 Å². The number of hydrogen-bond donors (Lipinski definition) is 1. The summed E-state index contributed by atoms with van der Waals surface area (Å²) in [6.07, 6.45) is 0. The number of rotatable bonds is 2. The summed E-state index contributed by atoms with van der Waals surface area (Å²) in [4.78, 5) is 12.7. The molecule has 0 spiro atoms. The lowest BCUT2D eigenvalue weighted by Crippen LogP contribution is -2.18. The van der Waals surface area contributed by atoms with Crippen molar-refractivity contribution >= 4 is 38.5 Å². The van der Waals surface area contributed by atoms with E-state index >= 15 is 0 Å². The molecule has 1 aliphatic rings. The van der Waals surface area contributed by atoms with E-state index in [1.54, 1.807) is 6.07 Å². The number of benzene rings is 2. The minimum absolute atomic E-state index is 0.289. The van der Waals surface area contributed by atoms with Crippen molar-refractivity contribution in [1.82, 2.24) is 0 Å². The zero-order valence-electron chi connectivity index (χ0n) is 12.9. The third-order valence-electron chi connectivity index (χ3n) is 3.92. The molecular formula is C18H14BrNO4. The van der Waals surface area contributed by atoms with Gasteiger partial charge in [-0.3, -0.25) is 4.79 Å². The zero-order valence-corrected chi connectivity index (χ0v) is 14.5. The summed E-state index contributed by atoms with van der Waals surface area (Å²) in [5.74, 6) is 1.15. The molecule has 2 aromatic carbocycles. The smallest absolute Gasteiger partial charge is 0.291 e. The molecule has 0 bridgehead atoms. The van der Waals surface area contributed by atoms with Gasteiger partial charge in [-0.25, -0.2) is 0 Å². The summed E-state index contributed by atoms with van der Waals surface area (Å²) in [7, 11) is 0. The van der Waals surface area contributed by atoms with Crippen molar-refractivity contribution in [3.63, 3.8) is 0 Å². The summed E-state index contributed by atoms with van der Waals surface area (Å²) in [5, 5.41) is 3.76. The van der Waals surface area contributed by atoms with Crippen molar-refractivity contribution < 1.29 is 18.7 Å². The number of aryl methyl sites for hydroxylation is 1. The Hall–Kier alpha value is -2.47. The first-order valence-corrected chi connectivity index (χ1v) is 8.31. The van der Waals surface area contributed by atoms with E-state index in [9.17, 15) is 4.79 Å². The van der Waals surface area contributed by atoms with Crippen molar-refractivity contribution in [2.45, 2.75) is 6.92 Å². The lowest BCUT2D eigenvalue weighted by Gasteiger charge is -2.20. The van der Waals surface area contributed by atoms with Crippen LogP contribution in [-0.2, 0) is 0 Å². The van der Waals surface area contributed by atoms with E-state index in [0.717, 1.165) is 15.4 Å². The molecule has 1 aromatic heterocycles. The highest BCUT2D eigenvalue weighted by Crippen LogP contribution is 2.38.